The van der Waals surface area contributed by atoms with Crippen molar-refractivity contribution in [1.29, 1.82) is 0 Å². The predicted molar refractivity (Wildman–Crippen MR) is 84.3 cm³/mol. The number of aryl methyl sites for hydroxylation is 1. The highest BCUT2D eigenvalue weighted by Crippen LogP contribution is 2.10. The Bertz CT molecular complexity index is 538. The minimum absolute atomic E-state index is 0.431. The Hall–Kier alpha value is -2.24. The molecule has 0 amide bonds. The number of nitrogens with one attached hydrogen (secondary N) is 1. The van der Waals surface area contributed by atoms with Gasteiger partial charge in [-0.05, 0) is 18.1 Å². The minimum Gasteiger partial charge on any atom is -0.494 e. The summed E-state index contributed by atoms with van der Waals surface area (Å²) in [4.78, 5) is 4.20. The van der Waals surface area contributed by atoms with Crippen molar-refractivity contribution in [1.82, 2.24) is 14.8 Å². The molecule has 0 aliphatic heterocycles. The number of rotatable bonds is 8. The number of para-hydroxylation sites is 1. The van der Waals surface area contributed by atoms with Crippen LogP contribution in [-0.2, 0) is 6.54 Å². The van der Waals surface area contributed by atoms with Crippen LogP contribution in [-0.4, -0.2) is 27.9 Å². The Morgan fingerprint density at radius 3 is 2.76 bits per heavy atom. The van der Waals surface area contributed by atoms with Crippen LogP contribution in [0.5, 0.6) is 5.75 Å². The Morgan fingerprint density at radius 1 is 1.29 bits per heavy atom. The summed E-state index contributed by atoms with van der Waals surface area (Å²) in [7, 11) is 0. The number of hydrogen-bond acceptors (Lipinski definition) is 5. The molecule has 0 aliphatic carbocycles. The van der Waals surface area contributed by atoms with E-state index in [1.165, 1.54) is 0 Å². The standard InChI is InChI=1S/C15H23N5O/c1-12(2)11-17-15-18-14(16)20(19-15)9-6-10-21-13-7-4-3-5-8-13/h3-5,7-8,12H,6,9-11H2,1-2H3,(H3,16,17,18,19). The molecule has 2 aromatic rings. The third-order valence-electron chi connectivity index (χ3n) is 2.89. The van der Waals surface area contributed by atoms with Crippen molar-refractivity contribution in [3.63, 3.8) is 0 Å². The highest BCUT2D eigenvalue weighted by atomic mass is 16.5. The highest BCUT2D eigenvalue weighted by Gasteiger charge is 2.06. The number of ether oxygens (including phenoxy) is 1. The lowest BCUT2D eigenvalue weighted by Crippen LogP contribution is -2.10. The predicted octanol–water partition coefficient (Wildman–Crippen LogP) is 2.40. The van der Waals surface area contributed by atoms with Crippen molar-refractivity contribution in [2.75, 3.05) is 24.2 Å². The molecule has 0 bridgehead atoms. The van der Waals surface area contributed by atoms with Crippen molar-refractivity contribution < 1.29 is 4.74 Å². The van der Waals surface area contributed by atoms with Crippen molar-refractivity contribution in [2.24, 2.45) is 5.92 Å². The summed E-state index contributed by atoms with van der Waals surface area (Å²) < 4.78 is 7.34. The highest BCUT2D eigenvalue weighted by molar-refractivity contribution is 5.31. The second-order valence-electron chi connectivity index (χ2n) is 5.31. The smallest absolute Gasteiger partial charge is 0.243 e. The number of nitrogens with zero attached hydrogens (tertiary/aromatic N) is 3. The van der Waals surface area contributed by atoms with Gasteiger partial charge in [-0.1, -0.05) is 32.0 Å². The molecule has 6 nitrogen and oxygen atoms in total. The lowest BCUT2D eigenvalue weighted by molar-refractivity contribution is 0.299. The number of hydrogen-bond donors (Lipinski definition) is 2. The van der Waals surface area contributed by atoms with Gasteiger partial charge >= 0.3 is 0 Å². The summed E-state index contributed by atoms with van der Waals surface area (Å²) in [5.41, 5.74) is 5.85. The molecule has 1 aromatic carbocycles. The monoisotopic (exact) mass is 289 g/mol. The number of nitrogen functional groups attached to an aromatic ring is 1. The van der Waals surface area contributed by atoms with Crippen molar-refractivity contribution in [3.8, 4) is 5.75 Å². The maximum atomic E-state index is 5.85. The average Bonchev–Trinajstić information content (AvgIpc) is 2.83. The summed E-state index contributed by atoms with van der Waals surface area (Å²) in [5.74, 6) is 2.44. The quantitative estimate of drug-likeness (QED) is 0.730. The molecule has 0 saturated carbocycles. The van der Waals surface area contributed by atoms with E-state index in [1.54, 1.807) is 4.68 Å². The fourth-order valence-electron chi connectivity index (χ4n) is 1.81. The first-order valence-electron chi connectivity index (χ1n) is 7.27. The van der Waals surface area contributed by atoms with Crippen LogP contribution in [0.4, 0.5) is 11.9 Å². The Labute approximate surface area is 125 Å². The van der Waals surface area contributed by atoms with Crippen molar-refractivity contribution >= 4 is 11.9 Å². The molecule has 0 saturated heterocycles. The maximum Gasteiger partial charge on any atom is 0.243 e. The molecule has 0 aliphatic rings. The zero-order valence-corrected chi connectivity index (χ0v) is 12.6. The zero-order chi connectivity index (χ0) is 15.1. The molecule has 114 valence electrons. The van der Waals surface area contributed by atoms with E-state index in [0.717, 1.165) is 18.7 Å². The number of aromatic nitrogens is 3. The molecule has 3 N–H and O–H groups in total. The summed E-state index contributed by atoms with van der Waals surface area (Å²) in [6.07, 6.45) is 0.825. The van der Waals surface area contributed by atoms with Gasteiger partial charge < -0.3 is 15.8 Å². The first kappa shape index (κ1) is 15.2. The normalized spacial score (nSPS) is 10.8. The van der Waals surface area contributed by atoms with Crippen LogP contribution in [0.3, 0.4) is 0 Å². The van der Waals surface area contributed by atoms with Gasteiger partial charge in [0.25, 0.3) is 0 Å². The van der Waals surface area contributed by atoms with Crippen LogP contribution in [0.2, 0.25) is 0 Å². The molecule has 0 fully saturated rings. The van der Waals surface area contributed by atoms with Gasteiger partial charge in [-0.3, -0.25) is 0 Å². The van der Waals surface area contributed by atoms with Gasteiger partial charge in [0.2, 0.25) is 11.9 Å². The van der Waals surface area contributed by atoms with Crippen LogP contribution in [0.1, 0.15) is 20.3 Å². The van der Waals surface area contributed by atoms with E-state index in [4.69, 9.17) is 10.5 Å². The summed E-state index contributed by atoms with van der Waals surface area (Å²) in [6, 6.07) is 9.76. The second kappa shape index (κ2) is 7.52. The van der Waals surface area contributed by atoms with E-state index in [-0.39, 0.29) is 0 Å². The van der Waals surface area contributed by atoms with Crippen molar-refractivity contribution in [3.05, 3.63) is 30.3 Å². The molecule has 2 rings (SSSR count). The molecular weight excluding hydrogens is 266 g/mol. The van der Waals surface area contributed by atoms with Gasteiger partial charge in [0, 0.05) is 19.5 Å². The largest absolute Gasteiger partial charge is 0.494 e. The van der Waals surface area contributed by atoms with Gasteiger partial charge in [0.1, 0.15) is 5.75 Å². The fourth-order valence-corrected chi connectivity index (χ4v) is 1.81. The zero-order valence-electron chi connectivity index (χ0n) is 12.6. The van der Waals surface area contributed by atoms with E-state index < -0.39 is 0 Å². The maximum absolute atomic E-state index is 5.85. The Kier molecular flexibility index (Phi) is 5.43. The molecule has 6 heteroatoms. The van der Waals surface area contributed by atoms with Gasteiger partial charge in [-0.2, -0.15) is 4.98 Å². The van der Waals surface area contributed by atoms with E-state index in [9.17, 15) is 0 Å². The lowest BCUT2D eigenvalue weighted by Gasteiger charge is -2.06. The third-order valence-corrected chi connectivity index (χ3v) is 2.89. The van der Waals surface area contributed by atoms with E-state index in [2.05, 4.69) is 29.2 Å². The van der Waals surface area contributed by atoms with E-state index >= 15 is 0 Å². The minimum atomic E-state index is 0.431. The molecule has 0 unspecified atom stereocenters. The topological polar surface area (TPSA) is 78.0 Å². The van der Waals surface area contributed by atoms with Crippen molar-refractivity contribution in [2.45, 2.75) is 26.8 Å². The first-order valence-corrected chi connectivity index (χ1v) is 7.27. The number of benzene rings is 1. The summed E-state index contributed by atoms with van der Waals surface area (Å²) >= 11 is 0. The molecule has 1 heterocycles. The van der Waals surface area contributed by atoms with Crippen LogP contribution < -0.4 is 15.8 Å². The first-order chi connectivity index (χ1) is 10.1. The molecular formula is C15H23N5O. The average molecular weight is 289 g/mol. The third kappa shape index (κ3) is 4.98. The Morgan fingerprint density at radius 2 is 2.05 bits per heavy atom. The van der Waals surface area contributed by atoms with Crippen LogP contribution in [0.15, 0.2) is 30.3 Å². The molecule has 0 radical (unpaired) electrons. The second-order valence-corrected chi connectivity index (χ2v) is 5.31. The van der Waals surface area contributed by atoms with Gasteiger partial charge in [-0.25, -0.2) is 4.68 Å². The summed E-state index contributed by atoms with van der Waals surface area (Å²) in [5, 5.41) is 7.51. The molecule has 21 heavy (non-hydrogen) atoms. The number of nitrogens with two attached hydrogens (primary N) is 1. The number of anilines is 2. The van der Waals surface area contributed by atoms with E-state index in [0.29, 0.717) is 31.0 Å². The van der Waals surface area contributed by atoms with E-state index in [1.807, 2.05) is 30.3 Å². The SMILES string of the molecule is CC(C)CNc1nc(N)n(CCCOc2ccccc2)n1. The molecule has 0 atom stereocenters. The Balaban J connectivity index is 1.75. The lowest BCUT2D eigenvalue weighted by atomic mass is 10.2. The van der Waals surface area contributed by atoms with Gasteiger partial charge in [-0.15, -0.1) is 5.10 Å². The van der Waals surface area contributed by atoms with Crippen LogP contribution in [0, 0.1) is 5.92 Å². The van der Waals surface area contributed by atoms with Gasteiger partial charge in [0.15, 0.2) is 0 Å². The summed E-state index contributed by atoms with van der Waals surface area (Å²) in [6.45, 7) is 6.41. The molecule has 0 spiro atoms. The van der Waals surface area contributed by atoms with Crippen LogP contribution in [0.25, 0.3) is 0 Å². The fraction of sp³-hybridized carbons (Fsp3) is 0.467. The molecule has 1 aromatic heterocycles. The van der Waals surface area contributed by atoms with Gasteiger partial charge in [0.05, 0.1) is 6.61 Å². The van der Waals surface area contributed by atoms with Crippen LogP contribution >= 0.6 is 0 Å².